The zero-order chi connectivity index (χ0) is 20.1. The van der Waals surface area contributed by atoms with Gasteiger partial charge >= 0.3 is 6.18 Å². The van der Waals surface area contributed by atoms with Crippen molar-refractivity contribution < 1.29 is 18.0 Å². The maximum absolute atomic E-state index is 13.0. The number of hydrogen-bond donors (Lipinski definition) is 2. The van der Waals surface area contributed by atoms with Gasteiger partial charge in [0.05, 0.1) is 16.3 Å². The van der Waals surface area contributed by atoms with Gasteiger partial charge in [0, 0.05) is 6.04 Å². The van der Waals surface area contributed by atoms with Crippen LogP contribution in [0.2, 0.25) is 5.02 Å². The molecule has 0 radical (unpaired) electrons. The van der Waals surface area contributed by atoms with Crippen LogP contribution in [0.1, 0.15) is 49.3 Å². The summed E-state index contributed by atoms with van der Waals surface area (Å²) in [6.07, 6.45) is 0.811. The molecule has 3 nitrogen and oxygen atoms in total. The Morgan fingerprint density at radius 2 is 1.71 bits per heavy atom. The summed E-state index contributed by atoms with van der Waals surface area (Å²) in [6.45, 7) is 0. The van der Waals surface area contributed by atoms with Gasteiger partial charge in [-0.15, -0.1) is 0 Å². The van der Waals surface area contributed by atoms with Crippen molar-refractivity contribution in [2.45, 2.75) is 50.4 Å². The SMILES string of the molecule is O=C(Nc1cc(C(F)(F)F)ccc1Cl)[C@@H](NC1CCCCC1)c1ccccc1. The van der Waals surface area contributed by atoms with E-state index in [-0.39, 0.29) is 16.8 Å². The van der Waals surface area contributed by atoms with E-state index in [1.165, 1.54) is 6.42 Å². The van der Waals surface area contributed by atoms with E-state index in [1.54, 1.807) is 0 Å². The van der Waals surface area contributed by atoms with Gasteiger partial charge in [-0.2, -0.15) is 13.2 Å². The second-order valence-electron chi connectivity index (χ2n) is 7.03. The largest absolute Gasteiger partial charge is 0.416 e. The van der Waals surface area contributed by atoms with Crippen molar-refractivity contribution in [1.82, 2.24) is 5.32 Å². The molecular formula is C21H22ClF3N2O. The highest BCUT2D eigenvalue weighted by Crippen LogP contribution is 2.34. The molecule has 1 aliphatic carbocycles. The summed E-state index contributed by atoms with van der Waals surface area (Å²) < 4.78 is 39.0. The van der Waals surface area contributed by atoms with Crippen molar-refractivity contribution >= 4 is 23.2 Å². The average Bonchev–Trinajstić information content (AvgIpc) is 2.68. The van der Waals surface area contributed by atoms with Crippen LogP contribution in [0.4, 0.5) is 18.9 Å². The lowest BCUT2D eigenvalue weighted by molar-refractivity contribution is -0.137. The smallest absolute Gasteiger partial charge is 0.323 e. The Balaban J connectivity index is 1.83. The number of carbonyl (C=O) groups excluding carboxylic acids is 1. The van der Waals surface area contributed by atoms with E-state index in [9.17, 15) is 18.0 Å². The van der Waals surface area contributed by atoms with E-state index in [2.05, 4.69) is 10.6 Å². The summed E-state index contributed by atoms with van der Waals surface area (Å²) >= 11 is 6.03. The van der Waals surface area contributed by atoms with Gasteiger partial charge in [0.15, 0.2) is 0 Å². The number of carbonyl (C=O) groups is 1. The van der Waals surface area contributed by atoms with Crippen LogP contribution in [0.3, 0.4) is 0 Å². The molecule has 0 heterocycles. The molecule has 1 amide bonds. The van der Waals surface area contributed by atoms with Gasteiger partial charge in [-0.3, -0.25) is 10.1 Å². The van der Waals surface area contributed by atoms with Crippen molar-refractivity contribution in [3.05, 3.63) is 64.7 Å². The summed E-state index contributed by atoms with van der Waals surface area (Å²) in [5.74, 6) is -0.432. The highest BCUT2D eigenvalue weighted by atomic mass is 35.5. The molecule has 0 bridgehead atoms. The van der Waals surface area contributed by atoms with Crippen molar-refractivity contribution in [1.29, 1.82) is 0 Å². The van der Waals surface area contributed by atoms with Crippen molar-refractivity contribution in [3.63, 3.8) is 0 Å². The fraction of sp³-hybridized carbons (Fsp3) is 0.381. The standard InChI is InChI=1S/C21H22ClF3N2O/c22-17-12-11-15(21(23,24)25)13-18(17)27-20(28)19(14-7-3-1-4-8-14)26-16-9-5-2-6-10-16/h1,3-4,7-8,11-13,16,19,26H,2,5-6,9-10H2,(H,27,28)/t19-/m0/s1. The number of hydrogen-bond acceptors (Lipinski definition) is 2. The molecular weight excluding hydrogens is 389 g/mol. The van der Waals surface area contributed by atoms with Gasteiger partial charge < -0.3 is 5.32 Å². The molecule has 2 N–H and O–H groups in total. The van der Waals surface area contributed by atoms with E-state index >= 15 is 0 Å². The molecule has 0 aromatic heterocycles. The minimum atomic E-state index is -4.51. The minimum Gasteiger partial charge on any atom is -0.323 e. The first-order chi connectivity index (χ1) is 13.3. The van der Waals surface area contributed by atoms with Crippen LogP contribution in [0, 0.1) is 0 Å². The van der Waals surface area contributed by atoms with Gasteiger partial charge in [-0.1, -0.05) is 61.2 Å². The minimum absolute atomic E-state index is 0.0483. The topological polar surface area (TPSA) is 41.1 Å². The maximum atomic E-state index is 13.0. The first-order valence-corrected chi connectivity index (χ1v) is 9.71. The van der Waals surface area contributed by atoms with Crippen LogP contribution in [0.5, 0.6) is 0 Å². The van der Waals surface area contributed by atoms with Crippen LogP contribution in [-0.4, -0.2) is 11.9 Å². The summed E-state index contributed by atoms with van der Waals surface area (Å²) in [5.41, 5.74) is -0.148. The fourth-order valence-corrected chi connectivity index (χ4v) is 3.64. The number of benzene rings is 2. The summed E-state index contributed by atoms with van der Waals surface area (Å²) in [6, 6.07) is 11.6. The highest BCUT2D eigenvalue weighted by Gasteiger charge is 2.32. The summed E-state index contributed by atoms with van der Waals surface area (Å²) in [5, 5.41) is 6.02. The summed E-state index contributed by atoms with van der Waals surface area (Å²) in [7, 11) is 0. The van der Waals surface area contributed by atoms with Gasteiger partial charge in [-0.25, -0.2) is 0 Å². The van der Waals surface area contributed by atoms with Crippen LogP contribution < -0.4 is 10.6 Å². The predicted octanol–water partition coefficient (Wildman–Crippen LogP) is 5.96. The lowest BCUT2D eigenvalue weighted by Crippen LogP contribution is -2.40. The molecule has 2 aromatic carbocycles. The van der Waals surface area contributed by atoms with Crippen LogP contribution in [-0.2, 0) is 11.0 Å². The third-order valence-corrected chi connectivity index (χ3v) is 5.28. The molecule has 1 aliphatic rings. The number of alkyl halides is 3. The molecule has 0 unspecified atom stereocenters. The summed E-state index contributed by atoms with van der Waals surface area (Å²) in [4.78, 5) is 13.0. The Labute approximate surface area is 167 Å². The van der Waals surface area contributed by atoms with E-state index in [0.717, 1.165) is 49.4 Å². The molecule has 2 aromatic rings. The maximum Gasteiger partial charge on any atom is 0.416 e. The zero-order valence-electron chi connectivity index (χ0n) is 15.2. The first-order valence-electron chi connectivity index (χ1n) is 9.33. The number of rotatable bonds is 5. The number of anilines is 1. The lowest BCUT2D eigenvalue weighted by atomic mass is 9.93. The number of nitrogens with one attached hydrogen (secondary N) is 2. The van der Waals surface area contributed by atoms with Crippen LogP contribution >= 0.6 is 11.6 Å². The Bertz CT molecular complexity index is 805. The van der Waals surface area contributed by atoms with Gasteiger partial charge in [-0.05, 0) is 36.6 Å². The Kier molecular flexibility index (Phi) is 6.62. The molecule has 7 heteroatoms. The fourth-order valence-electron chi connectivity index (χ4n) is 3.48. The molecule has 1 fully saturated rings. The Hall–Kier alpha value is -2.05. The normalized spacial score (nSPS) is 16.6. The Morgan fingerprint density at radius 3 is 2.36 bits per heavy atom. The van der Waals surface area contributed by atoms with Gasteiger partial charge in [0.2, 0.25) is 5.91 Å². The van der Waals surface area contributed by atoms with Gasteiger partial charge in [0.25, 0.3) is 0 Å². The molecule has 0 aliphatic heterocycles. The molecule has 0 spiro atoms. The third-order valence-electron chi connectivity index (χ3n) is 4.95. The lowest BCUT2D eigenvalue weighted by Gasteiger charge is -2.28. The monoisotopic (exact) mass is 410 g/mol. The van der Waals surface area contributed by atoms with E-state index in [0.29, 0.717) is 0 Å². The van der Waals surface area contributed by atoms with E-state index in [4.69, 9.17) is 11.6 Å². The Morgan fingerprint density at radius 1 is 1.04 bits per heavy atom. The molecule has 3 rings (SSSR count). The molecule has 1 saturated carbocycles. The van der Waals surface area contributed by atoms with E-state index < -0.39 is 23.7 Å². The van der Waals surface area contributed by atoms with Crippen LogP contribution in [0.15, 0.2) is 48.5 Å². The van der Waals surface area contributed by atoms with E-state index in [1.807, 2.05) is 30.3 Å². The van der Waals surface area contributed by atoms with Crippen molar-refractivity contribution in [2.75, 3.05) is 5.32 Å². The first kappa shape index (κ1) is 20.7. The highest BCUT2D eigenvalue weighted by molar-refractivity contribution is 6.33. The number of halogens is 4. The van der Waals surface area contributed by atoms with Gasteiger partial charge in [0.1, 0.15) is 6.04 Å². The third kappa shape index (κ3) is 5.26. The van der Waals surface area contributed by atoms with Crippen molar-refractivity contribution in [3.8, 4) is 0 Å². The molecule has 1 atom stereocenters. The van der Waals surface area contributed by atoms with Crippen molar-refractivity contribution in [2.24, 2.45) is 0 Å². The molecule has 150 valence electrons. The second-order valence-corrected chi connectivity index (χ2v) is 7.43. The number of amides is 1. The second kappa shape index (κ2) is 8.97. The van der Waals surface area contributed by atoms with Crippen LogP contribution in [0.25, 0.3) is 0 Å². The zero-order valence-corrected chi connectivity index (χ0v) is 16.0. The molecule has 0 saturated heterocycles. The molecule has 28 heavy (non-hydrogen) atoms. The average molecular weight is 411 g/mol. The predicted molar refractivity (Wildman–Crippen MR) is 104 cm³/mol. The quantitative estimate of drug-likeness (QED) is 0.638.